The zero-order chi connectivity index (χ0) is 13.8. The van der Waals surface area contributed by atoms with E-state index in [4.69, 9.17) is 4.98 Å². The zero-order valence-electron chi connectivity index (χ0n) is 12.2. The number of fused-ring (bicyclic) bond motifs is 1. The van der Waals surface area contributed by atoms with Gasteiger partial charge in [0.25, 0.3) is 0 Å². The first-order valence-electron chi connectivity index (χ1n) is 6.58. The number of nitrogens with one attached hydrogen (secondary N) is 1. The summed E-state index contributed by atoms with van der Waals surface area (Å²) >= 11 is 1.68. The minimum absolute atomic E-state index is 0.839. The second-order valence-electron chi connectivity index (χ2n) is 5.05. The third-order valence-corrected chi connectivity index (χ3v) is 3.90. The molecule has 0 saturated carbocycles. The summed E-state index contributed by atoms with van der Waals surface area (Å²) in [6, 6.07) is 0. The highest BCUT2D eigenvalue weighted by atomic mass is 32.1. The summed E-state index contributed by atoms with van der Waals surface area (Å²) in [7, 11) is 8.32. The standard InChI is InChI=1S/C13H23N5S/c1-14-10-11-12(15-13-18(11)8-9-19-13)17(4)7-5-6-16(2)3/h8-9,14H,5-7,10H2,1-4H3. The smallest absolute Gasteiger partial charge is 0.195 e. The molecule has 0 aromatic carbocycles. The number of hydrogen-bond acceptors (Lipinski definition) is 5. The van der Waals surface area contributed by atoms with E-state index in [0.717, 1.165) is 36.8 Å². The minimum Gasteiger partial charge on any atom is -0.358 e. The van der Waals surface area contributed by atoms with Crippen molar-refractivity contribution in [3.05, 3.63) is 17.3 Å². The van der Waals surface area contributed by atoms with Crippen LogP contribution in [0, 0.1) is 0 Å². The van der Waals surface area contributed by atoms with Crippen molar-refractivity contribution in [1.29, 1.82) is 0 Å². The molecule has 0 amide bonds. The van der Waals surface area contributed by atoms with Gasteiger partial charge in [-0.1, -0.05) is 0 Å². The van der Waals surface area contributed by atoms with Gasteiger partial charge in [-0.25, -0.2) is 4.98 Å². The van der Waals surface area contributed by atoms with E-state index in [0.29, 0.717) is 0 Å². The fraction of sp³-hybridized carbons (Fsp3) is 0.615. The maximum absolute atomic E-state index is 4.74. The van der Waals surface area contributed by atoms with Crippen LogP contribution < -0.4 is 10.2 Å². The molecule has 0 radical (unpaired) electrons. The summed E-state index contributed by atoms with van der Waals surface area (Å²) in [6.45, 7) is 2.97. The van der Waals surface area contributed by atoms with E-state index in [1.807, 2.05) is 7.05 Å². The molecule has 0 unspecified atom stereocenters. The molecule has 0 fully saturated rings. The second-order valence-corrected chi connectivity index (χ2v) is 5.92. The molecule has 2 aromatic heterocycles. The average molecular weight is 281 g/mol. The lowest BCUT2D eigenvalue weighted by atomic mass is 10.3. The van der Waals surface area contributed by atoms with Gasteiger partial charge in [0, 0.05) is 31.7 Å². The van der Waals surface area contributed by atoms with Crippen LogP contribution >= 0.6 is 11.3 Å². The molecule has 106 valence electrons. The molecule has 2 aromatic rings. The first kappa shape index (κ1) is 14.3. The number of thiazole rings is 1. The van der Waals surface area contributed by atoms with Gasteiger partial charge in [0.1, 0.15) is 0 Å². The molecule has 0 aliphatic carbocycles. The van der Waals surface area contributed by atoms with Crippen LogP contribution in [-0.2, 0) is 6.54 Å². The van der Waals surface area contributed by atoms with Crippen molar-refractivity contribution in [3.8, 4) is 0 Å². The van der Waals surface area contributed by atoms with Gasteiger partial charge in [-0.2, -0.15) is 0 Å². The van der Waals surface area contributed by atoms with Gasteiger partial charge in [-0.15, -0.1) is 11.3 Å². The summed E-state index contributed by atoms with van der Waals surface area (Å²) < 4.78 is 2.18. The first-order valence-corrected chi connectivity index (χ1v) is 7.46. The third kappa shape index (κ3) is 3.26. The average Bonchev–Trinajstić information content (AvgIpc) is 2.91. The molecule has 2 rings (SSSR count). The van der Waals surface area contributed by atoms with E-state index in [2.05, 4.69) is 52.2 Å². The van der Waals surface area contributed by atoms with E-state index < -0.39 is 0 Å². The maximum Gasteiger partial charge on any atom is 0.195 e. The van der Waals surface area contributed by atoms with Crippen molar-refractivity contribution in [1.82, 2.24) is 19.6 Å². The Labute approximate surface area is 118 Å². The van der Waals surface area contributed by atoms with Crippen molar-refractivity contribution in [3.63, 3.8) is 0 Å². The predicted molar refractivity (Wildman–Crippen MR) is 82.3 cm³/mol. The molecule has 19 heavy (non-hydrogen) atoms. The van der Waals surface area contributed by atoms with Gasteiger partial charge in [-0.3, -0.25) is 4.40 Å². The lowest BCUT2D eigenvalue weighted by Gasteiger charge is -2.19. The molecule has 2 heterocycles. The maximum atomic E-state index is 4.74. The minimum atomic E-state index is 0.839. The molecule has 0 bridgehead atoms. The molecule has 0 aliphatic rings. The summed E-state index contributed by atoms with van der Waals surface area (Å²) in [5.74, 6) is 1.10. The number of rotatable bonds is 7. The molecule has 0 spiro atoms. The van der Waals surface area contributed by atoms with E-state index in [-0.39, 0.29) is 0 Å². The van der Waals surface area contributed by atoms with Crippen LogP contribution in [-0.4, -0.2) is 55.6 Å². The molecule has 0 atom stereocenters. The van der Waals surface area contributed by atoms with Crippen molar-refractivity contribution >= 4 is 22.1 Å². The van der Waals surface area contributed by atoms with Crippen LogP contribution in [0.25, 0.3) is 4.96 Å². The van der Waals surface area contributed by atoms with Crippen LogP contribution in [0.1, 0.15) is 12.1 Å². The Hall–Kier alpha value is -1.11. The monoisotopic (exact) mass is 281 g/mol. The van der Waals surface area contributed by atoms with E-state index >= 15 is 0 Å². The van der Waals surface area contributed by atoms with Crippen LogP contribution in [0.4, 0.5) is 5.82 Å². The van der Waals surface area contributed by atoms with Crippen molar-refractivity contribution < 1.29 is 0 Å². The van der Waals surface area contributed by atoms with E-state index in [1.54, 1.807) is 11.3 Å². The van der Waals surface area contributed by atoms with Gasteiger partial charge in [0.05, 0.1) is 5.69 Å². The molecule has 1 N–H and O–H groups in total. The van der Waals surface area contributed by atoms with Gasteiger partial charge in [-0.05, 0) is 34.1 Å². The number of anilines is 1. The van der Waals surface area contributed by atoms with Crippen molar-refractivity contribution in [2.45, 2.75) is 13.0 Å². The molecular weight excluding hydrogens is 258 g/mol. The Morgan fingerprint density at radius 2 is 2.11 bits per heavy atom. The number of nitrogens with zero attached hydrogens (tertiary/aromatic N) is 4. The third-order valence-electron chi connectivity index (χ3n) is 3.14. The number of imidazole rings is 1. The summed E-state index contributed by atoms with van der Waals surface area (Å²) in [4.78, 5) is 10.3. The Bertz CT molecular complexity index is 516. The second kappa shape index (κ2) is 6.36. The first-order chi connectivity index (χ1) is 9.13. The van der Waals surface area contributed by atoms with Crippen molar-refractivity contribution in [2.24, 2.45) is 0 Å². The lowest BCUT2D eigenvalue weighted by molar-refractivity contribution is 0.401. The van der Waals surface area contributed by atoms with E-state index in [9.17, 15) is 0 Å². The molecule has 0 saturated heterocycles. The van der Waals surface area contributed by atoms with Crippen LogP contribution in [0.15, 0.2) is 11.6 Å². The molecular formula is C13H23N5S. The SMILES string of the molecule is CNCc1c(N(C)CCCN(C)C)nc2sccn12. The van der Waals surface area contributed by atoms with Crippen LogP contribution in [0.2, 0.25) is 0 Å². The normalized spacial score (nSPS) is 11.6. The Balaban J connectivity index is 2.13. The van der Waals surface area contributed by atoms with Crippen molar-refractivity contribution in [2.75, 3.05) is 46.2 Å². The highest BCUT2D eigenvalue weighted by molar-refractivity contribution is 7.15. The Morgan fingerprint density at radius 1 is 1.32 bits per heavy atom. The molecule has 5 nitrogen and oxygen atoms in total. The van der Waals surface area contributed by atoms with E-state index in [1.165, 1.54) is 5.69 Å². The summed E-state index contributed by atoms with van der Waals surface area (Å²) in [5.41, 5.74) is 1.24. The number of aromatic nitrogens is 2. The fourth-order valence-corrected chi connectivity index (χ4v) is 2.92. The Kier molecular flexibility index (Phi) is 4.79. The largest absolute Gasteiger partial charge is 0.358 e. The van der Waals surface area contributed by atoms with Gasteiger partial charge >= 0.3 is 0 Å². The van der Waals surface area contributed by atoms with Crippen LogP contribution in [0.5, 0.6) is 0 Å². The van der Waals surface area contributed by atoms with Gasteiger partial charge in [0.15, 0.2) is 10.8 Å². The summed E-state index contributed by atoms with van der Waals surface area (Å²) in [6.07, 6.45) is 3.24. The quantitative estimate of drug-likeness (QED) is 0.834. The lowest BCUT2D eigenvalue weighted by Crippen LogP contribution is -2.25. The summed E-state index contributed by atoms with van der Waals surface area (Å²) in [5, 5.41) is 5.31. The van der Waals surface area contributed by atoms with Gasteiger partial charge in [0.2, 0.25) is 0 Å². The topological polar surface area (TPSA) is 35.8 Å². The zero-order valence-corrected chi connectivity index (χ0v) is 13.0. The highest BCUT2D eigenvalue weighted by Crippen LogP contribution is 2.23. The number of hydrogen-bond donors (Lipinski definition) is 1. The highest BCUT2D eigenvalue weighted by Gasteiger charge is 2.15. The molecule has 0 aliphatic heterocycles. The predicted octanol–water partition coefficient (Wildman–Crippen LogP) is 1.50. The van der Waals surface area contributed by atoms with Crippen LogP contribution in [0.3, 0.4) is 0 Å². The van der Waals surface area contributed by atoms with Gasteiger partial charge < -0.3 is 15.1 Å². The fourth-order valence-electron chi connectivity index (χ4n) is 2.19. The molecule has 6 heteroatoms. The Morgan fingerprint density at radius 3 is 2.79 bits per heavy atom.